The van der Waals surface area contributed by atoms with Gasteiger partial charge in [-0.25, -0.2) is 8.78 Å². The molecule has 2 amide bonds. The molecule has 8 heteroatoms. The van der Waals surface area contributed by atoms with Gasteiger partial charge in [0, 0.05) is 12.6 Å². The number of carbonyl (C=O) groups is 2. The molecule has 140 valence electrons. The predicted molar refractivity (Wildman–Crippen MR) is 93.7 cm³/mol. The number of benzene rings is 1. The van der Waals surface area contributed by atoms with Crippen molar-refractivity contribution in [1.29, 1.82) is 0 Å². The highest BCUT2D eigenvalue weighted by molar-refractivity contribution is 5.98. The SMILES string of the molecule is CC(C)C(NC(=O)c1c(F)cccc1F)C(=O)N[C@H]1CCCNC1.Cl. The Morgan fingerprint density at radius 3 is 2.40 bits per heavy atom. The van der Waals surface area contributed by atoms with Gasteiger partial charge in [0.2, 0.25) is 5.91 Å². The van der Waals surface area contributed by atoms with Gasteiger partial charge < -0.3 is 16.0 Å². The van der Waals surface area contributed by atoms with Gasteiger partial charge in [-0.15, -0.1) is 12.4 Å². The van der Waals surface area contributed by atoms with Gasteiger partial charge in [0.1, 0.15) is 23.2 Å². The van der Waals surface area contributed by atoms with E-state index < -0.39 is 29.1 Å². The molecule has 2 rings (SSSR count). The molecule has 1 aliphatic heterocycles. The second-order valence-corrected chi connectivity index (χ2v) is 6.34. The molecular weight excluding hydrogens is 352 g/mol. The van der Waals surface area contributed by atoms with E-state index in [2.05, 4.69) is 16.0 Å². The molecule has 3 N–H and O–H groups in total. The Kier molecular flexibility index (Phi) is 8.25. The molecule has 1 aromatic carbocycles. The summed E-state index contributed by atoms with van der Waals surface area (Å²) in [4.78, 5) is 24.7. The van der Waals surface area contributed by atoms with Crippen molar-refractivity contribution in [1.82, 2.24) is 16.0 Å². The van der Waals surface area contributed by atoms with Crippen LogP contribution in [0.5, 0.6) is 0 Å². The molecule has 5 nitrogen and oxygen atoms in total. The van der Waals surface area contributed by atoms with Crippen LogP contribution in [0.2, 0.25) is 0 Å². The van der Waals surface area contributed by atoms with E-state index in [0.29, 0.717) is 6.54 Å². The summed E-state index contributed by atoms with van der Waals surface area (Å²) < 4.78 is 27.4. The van der Waals surface area contributed by atoms with Crippen LogP contribution < -0.4 is 16.0 Å². The molecule has 1 aliphatic rings. The average molecular weight is 376 g/mol. The molecule has 1 saturated heterocycles. The van der Waals surface area contributed by atoms with Gasteiger partial charge in [-0.2, -0.15) is 0 Å². The topological polar surface area (TPSA) is 70.2 Å². The molecule has 0 spiro atoms. The average Bonchev–Trinajstić information content (AvgIpc) is 2.53. The van der Waals surface area contributed by atoms with Gasteiger partial charge in [-0.3, -0.25) is 9.59 Å². The number of carbonyl (C=O) groups excluding carboxylic acids is 2. The number of hydrogen-bond donors (Lipinski definition) is 3. The Morgan fingerprint density at radius 2 is 1.88 bits per heavy atom. The van der Waals surface area contributed by atoms with E-state index in [9.17, 15) is 18.4 Å². The molecule has 0 aliphatic carbocycles. The smallest absolute Gasteiger partial charge is 0.257 e. The summed E-state index contributed by atoms with van der Waals surface area (Å²) in [5.41, 5.74) is -0.671. The highest BCUT2D eigenvalue weighted by Crippen LogP contribution is 2.13. The van der Waals surface area contributed by atoms with Crippen LogP contribution in [0.4, 0.5) is 8.78 Å². The van der Waals surface area contributed by atoms with Crippen LogP contribution in [0.15, 0.2) is 18.2 Å². The van der Waals surface area contributed by atoms with E-state index >= 15 is 0 Å². The summed E-state index contributed by atoms with van der Waals surface area (Å²) >= 11 is 0. The molecule has 0 bridgehead atoms. The Balaban J connectivity index is 0.00000312. The van der Waals surface area contributed by atoms with Crippen molar-refractivity contribution < 1.29 is 18.4 Å². The lowest BCUT2D eigenvalue weighted by atomic mass is 10.0. The predicted octanol–water partition coefficient (Wildman–Crippen LogP) is 2.01. The van der Waals surface area contributed by atoms with Crippen LogP contribution in [0, 0.1) is 17.6 Å². The summed E-state index contributed by atoms with van der Waals surface area (Å²) in [6, 6.07) is 2.34. The number of hydrogen-bond acceptors (Lipinski definition) is 3. The fourth-order valence-electron chi connectivity index (χ4n) is 2.73. The number of piperidine rings is 1. The fraction of sp³-hybridized carbons (Fsp3) is 0.529. The summed E-state index contributed by atoms with van der Waals surface area (Å²) in [5, 5.41) is 8.52. The third-order valence-electron chi connectivity index (χ3n) is 4.07. The zero-order valence-electron chi connectivity index (χ0n) is 14.3. The van der Waals surface area contributed by atoms with Crippen LogP contribution in [0.25, 0.3) is 0 Å². The molecular formula is C17H24ClF2N3O2. The molecule has 1 fully saturated rings. The quantitative estimate of drug-likeness (QED) is 0.737. The van der Waals surface area contributed by atoms with Gasteiger partial charge in [0.05, 0.1) is 0 Å². The summed E-state index contributed by atoms with van der Waals surface area (Å²) in [6.07, 6.45) is 1.82. The number of amides is 2. The summed E-state index contributed by atoms with van der Waals surface area (Å²) in [6.45, 7) is 5.12. The van der Waals surface area contributed by atoms with Gasteiger partial charge >= 0.3 is 0 Å². The van der Waals surface area contributed by atoms with Crippen molar-refractivity contribution in [3.05, 3.63) is 35.4 Å². The zero-order chi connectivity index (χ0) is 17.7. The monoisotopic (exact) mass is 375 g/mol. The van der Waals surface area contributed by atoms with E-state index in [1.54, 1.807) is 13.8 Å². The Labute approximate surface area is 152 Å². The maximum absolute atomic E-state index is 13.7. The van der Waals surface area contributed by atoms with E-state index in [-0.39, 0.29) is 30.3 Å². The lowest BCUT2D eigenvalue weighted by Crippen LogP contribution is -2.55. The molecule has 0 radical (unpaired) electrons. The highest BCUT2D eigenvalue weighted by atomic mass is 35.5. The van der Waals surface area contributed by atoms with Crippen molar-refractivity contribution in [3.8, 4) is 0 Å². The van der Waals surface area contributed by atoms with Gasteiger partial charge in [-0.1, -0.05) is 19.9 Å². The summed E-state index contributed by atoms with van der Waals surface area (Å²) in [5.74, 6) is -3.40. The van der Waals surface area contributed by atoms with Crippen molar-refractivity contribution in [2.24, 2.45) is 5.92 Å². The van der Waals surface area contributed by atoms with Crippen molar-refractivity contribution in [2.45, 2.75) is 38.8 Å². The standard InChI is InChI=1S/C17H23F2N3O2.ClH/c1-10(2)15(17(24)21-11-5-4-8-20-9-11)22-16(23)14-12(18)6-3-7-13(14)19;/h3,6-7,10-11,15,20H,4-5,8-9H2,1-2H3,(H,21,24)(H,22,23);1H/t11-,15?;/m0./s1. The Hall–Kier alpha value is -1.73. The van der Waals surface area contributed by atoms with Crippen molar-refractivity contribution in [3.63, 3.8) is 0 Å². The summed E-state index contributed by atoms with van der Waals surface area (Å²) in [7, 11) is 0. The van der Waals surface area contributed by atoms with Crippen LogP contribution in [0.1, 0.15) is 37.0 Å². The molecule has 1 aromatic rings. The minimum Gasteiger partial charge on any atom is -0.350 e. The third kappa shape index (κ3) is 5.64. The second-order valence-electron chi connectivity index (χ2n) is 6.34. The third-order valence-corrected chi connectivity index (χ3v) is 4.07. The first-order valence-electron chi connectivity index (χ1n) is 8.16. The molecule has 1 unspecified atom stereocenters. The minimum absolute atomic E-state index is 0. The number of rotatable bonds is 5. The maximum atomic E-state index is 13.7. The highest BCUT2D eigenvalue weighted by Gasteiger charge is 2.28. The van der Waals surface area contributed by atoms with Crippen LogP contribution in [-0.4, -0.2) is 37.0 Å². The molecule has 25 heavy (non-hydrogen) atoms. The maximum Gasteiger partial charge on any atom is 0.257 e. The van der Waals surface area contributed by atoms with Crippen molar-refractivity contribution >= 4 is 24.2 Å². The van der Waals surface area contributed by atoms with E-state index in [1.807, 2.05) is 0 Å². The lowest BCUT2D eigenvalue weighted by molar-refractivity contribution is -0.124. The lowest BCUT2D eigenvalue weighted by Gasteiger charge is -2.28. The van der Waals surface area contributed by atoms with Gasteiger partial charge in [-0.05, 0) is 37.4 Å². The second kappa shape index (κ2) is 9.68. The minimum atomic E-state index is -0.952. The van der Waals surface area contributed by atoms with Crippen LogP contribution in [0.3, 0.4) is 0 Å². The largest absolute Gasteiger partial charge is 0.350 e. The van der Waals surface area contributed by atoms with Crippen LogP contribution >= 0.6 is 12.4 Å². The fourth-order valence-corrected chi connectivity index (χ4v) is 2.73. The van der Waals surface area contributed by atoms with Gasteiger partial charge in [0.25, 0.3) is 5.91 Å². The zero-order valence-corrected chi connectivity index (χ0v) is 15.1. The first-order valence-corrected chi connectivity index (χ1v) is 8.16. The number of nitrogens with one attached hydrogen (secondary N) is 3. The van der Waals surface area contributed by atoms with Crippen molar-refractivity contribution in [2.75, 3.05) is 13.1 Å². The Morgan fingerprint density at radius 1 is 1.24 bits per heavy atom. The molecule has 2 atom stereocenters. The Bertz CT molecular complexity index is 587. The molecule has 0 aromatic heterocycles. The first-order chi connectivity index (χ1) is 11.4. The van der Waals surface area contributed by atoms with Crippen LogP contribution in [-0.2, 0) is 4.79 Å². The molecule has 0 saturated carbocycles. The van der Waals surface area contributed by atoms with E-state index in [0.717, 1.165) is 31.5 Å². The van der Waals surface area contributed by atoms with E-state index in [1.165, 1.54) is 6.07 Å². The van der Waals surface area contributed by atoms with Gasteiger partial charge in [0.15, 0.2) is 0 Å². The normalized spacial score (nSPS) is 18.2. The number of halogens is 3. The van der Waals surface area contributed by atoms with E-state index in [4.69, 9.17) is 0 Å². The first kappa shape index (κ1) is 21.3. The molecule has 1 heterocycles.